The van der Waals surface area contributed by atoms with Gasteiger partial charge in [0.2, 0.25) is 0 Å². The van der Waals surface area contributed by atoms with Crippen LogP contribution in [0.2, 0.25) is 5.02 Å². The molecule has 0 radical (unpaired) electrons. The van der Waals surface area contributed by atoms with Gasteiger partial charge in [-0.2, -0.15) is 0 Å². The minimum Gasteiger partial charge on any atom is -0.465 e. The van der Waals surface area contributed by atoms with E-state index < -0.39 is 5.97 Å². The van der Waals surface area contributed by atoms with E-state index in [0.29, 0.717) is 10.5 Å². The monoisotopic (exact) mass is 279 g/mol. The van der Waals surface area contributed by atoms with E-state index in [4.69, 9.17) is 16.3 Å². The Bertz CT molecular complexity index is 691. The molecule has 0 saturated heterocycles. The fraction of sp³-hybridized carbons (Fsp3) is 0.286. The van der Waals surface area contributed by atoms with Gasteiger partial charge in [0, 0.05) is 16.5 Å². The zero-order valence-corrected chi connectivity index (χ0v) is 11.5. The van der Waals surface area contributed by atoms with Gasteiger partial charge < -0.3 is 4.74 Å². The van der Waals surface area contributed by atoms with Gasteiger partial charge in [-0.05, 0) is 31.5 Å². The number of benzene rings is 1. The largest absolute Gasteiger partial charge is 0.465 e. The standard InChI is InChI=1S/C14H14ClNO3/c1-3-19-14(18)8-16-12-7-10(15)4-5-11(12)9(2)6-13(16)17/h4-7H,3,8H2,1-2H3. The molecule has 0 aliphatic rings. The van der Waals surface area contributed by atoms with Crippen molar-refractivity contribution in [3.8, 4) is 0 Å². The van der Waals surface area contributed by atoms with Gasteiger partial charge in [-0.1, -0.05) is 17.7 Å². The molecule has 1 heterocycles. The van der Waals surface area contributed by atoms with Crippen LogP contribution in [-0.2, 0) is 16.1 Å². The fourth-order valence-electron chi connectivity index (χ4n) is 2.02. The van der Waals surface area contributed by atoms with Crippen molar-refractivity contribution in [1.82, 2.24) is 4.57 Å². The normalized spacial score (nSPS) is 10.7. The van der Waals surface area contributed by atoms with Crippen molar-refractivity contribution in [3.63, 3.8) is 0 Å². The Morgan fingerprint density at radius 3 is 2.79 bits per heavy atom. The SMILES string of the molecule is CCOC(=O)Cn1c(=O)cc(C)c2ccc(Cl)cc21. The molecule has 5 heteroatoms. The van der Waals surface area contributed by atoms with Gasteiger partial charge in [0.1, 0.15) is 6.54 Å². The van der Waals surface area contributed by atoms with Crippen LogP contribution in [0.3, 0.4) is 0 Å². The van der Waals surface area contributed by atoms with Gasteiger partial charge in [-0.15, -0.1) is 0 Å². The van der Waals surface area contributed by atoms with E-state index in [1.165, 1.54) is 10.6 Å². The van der Waals surface area contributed by atoms with E-state index in [1.54, 1.807) is 19.1 Å². The summed E-state index contributed by atoms with van der Waals surface area (Å²) in [7, 11) is 0. The molecule has 0 fully saturated rings. The van der Waals surface area contributed by atoms with Crippen molar-refractivity contribution in [3.05, 3.63) is 45.2 Å². The summed E-state index contributed by atoms with van der Waals surface area (Å²) in [5.74, 6) is -0.435. The van der Waals surface area contributed by atoms with Gasteiger partial charge in [-0.3, -0.25) is 14.2 Å². The lowest BCUT2D eigenvalue weighted by Gasteiger charge is -2.11. The van der Waals surface area contributed by atoms with Crippen LogP contribution in [0.15, 0.2) is 29.1 Å². The highest BCUT2D eigenvalue weighted by Gasteiger charge is 2.11. The Hall–Kier alpha value is -1.81. The zero-order valence-electron chi connectivity index (χ0n) is 10.8. The maximum atomic E-state index is 12.0. The number of carbonyl (C=O) groups is 1. The molecule has 0 spiro atoms. The van der Waals surface area contributed by atoms with Crippen molar-refractivity contribution in [1.29, 1.82) is 0 Å². The molecule has 0 amide bonds. The van der Waals surface area contributed by atoms with Crippen molar-refractivity contribution >= 4 is 28.5 Å². The molecular formula is C14H14ClNO3. The third kappa shape index (κ3) is 2.79. The highest BCUT2D eigenvalue weighted by atomic mass is 35.5. The summed E-state index contributed by atoms with van der Waals surface area (Å²) in [6.45, 7) is 3.76. The number of aryl methyl sites for hydroxylation is 1. The molecular weight excluding hydrogens is 266 g/mol. The van der Waals surface area contributed by atoms with E-state index >= 15 is 0 Å². The van der Waals surface area contributed by atoms with Gasteiger partial charge in [0.25, 0.3) is 5.56 Å². The van der Waals surface area contributed by atoms with Crippen LogP contribution in [0, 0.1) is 6.92 Å². The Morgan fingerprint density at radius 1 is 1.37 bits per heavy atom. The molecule has 100 valence electrons. The lowest BCUT2D eigenvalue weighted by molar-refractivity contribution is -0.143. The number of fused-ring (bicyclic) bond motifs is 1. The first-order valence-electron chi connectivity index (χ1n) is 5.98. The predicted molar refractivity (Wildman–Crippen MR) is 74.6 cm³/mol. The van der Waals surface area contributed by atoms with Crippen molar-refractivity contribution in [2.75, 3.05) is 6.61 Å². The van der Waals surface area contributed by atoms with Crippen molar-refractivity contribution in [2.45, 2.75) is 20.4 Å². The summed E-state index contributed by atoms with van der Waals surface area (Å²) in [6, 6.07) is 6.80. The lowest BCUT2D eigenvalue weighted by Crippen LogP contribution is -2.25. The molecule has 0 N–H and O–H groups in total. The van der Waals surface area contributed by atoms with E-state index in [0.717, 1.165) is 10.9 Å². The lowest BCUT2D eigenvalue weighted by atomic mass is 10.1. The smallest absolute Gasteiger partial charge is 0.326 e. The second-order valence-corrected chi connectivity index (χ2v) is 4.65. The van der Waals surface area contributed by atoms with E-state index in [2.05, 4.69) is 0 Å². The molecule has 0 unspecified atom stereocenters. The highest BCUT2D eigenvalue weighted by Crippen LogP contribution is 2.20. The average Bonchev–Trinajstić information content (AvgIpc) is 2.34. The molecule has 0 aliphatic carbocycles. The Kier molecular flexibility index (Phi) is 3.90. The first kappa shape index (κ1) is 13.6. The number of carbonyl (C=O) groups excluding carboxylic acids is 1. The van der Waals surface area contributed by atoms with Crippen LogP contribution in [0.5, 0.6) is 0 Å². The van der Waals surface area contributed by atoms with Crippen LogP contribution >= 0.6 is 11.6 Å². The number of aromatic nitrogens is 1. The number of nitrogens with zero attached hydrogens (tertiary/aromatic N) is 1. The fourth-order valence-corrected chi connectivity index (χ4v) is 2.19. The van der Waals surface area contributed by atoms with Crippen molar-refractivity contribution in [2.24, 2.45) is 0 Å². The summed E-state index contributed by atoms with van der Waals surface area (Å²) in [4.78, 5) is 23.6. The summed E-state index contributed by atoms with van der Waals surface area (Å²) >= 11 is 5.96. The molecule has 2 rings (SSSR count). The van der Waals surface area contributed by atoms with Crippen molar-refractivity contribution < 1.29 is 9.53 Å². The van der Waals surface area contributed by atoms with Gasteiger partial charge in [0.05, 0.1) is 12.1 Å². The van der Waals surface area contributed by atoms with Gasteiger partial charge in [-0.25, -0.2) is 0 Å². The third-order valence-electron chi connectivity index (χ3n) is 2.87. The summed E-state index contributed by atoms with van der Waals surface area (Å²) in [6.07, 6.45) is 0. The highest BCUT2D eigenvalue weighted by molar-refractivity contribution is 6.31. The number of halogens is 1. The molecule has 19 heavy (non-hydrogen) atoms. The van der Waals surface area contributed by atoms with Crippen LogP contribution in [0.25, 0.3) is 10.9 Å². The number of esters is 1. The Balaban J connectivity index is 2.62. The quantitative estimate of drug-likeness (QED) is 0.811. The Labute approximate surface area is 115 Å². The van der Waals surface area contributed by atoms with Crippen LogP contribution < -0.4 is 5.56 Å². The maximum Gasteiger partial charge on any atom is 0.326 e. The molecule has 2 aromatic rings. The van der Waals surface area contributed by atoms with Gasteiger partial charge >= 0.3 is 5.97 Å². The molecule has 1 aromatic carbocycles. The van der Waals surface area contributed by atoms with Crippen LogP contribution in [0.1, 0.15) is 12.5 Å². The zero-order chi connectivity index (χ0) is 14.0. The average molecular weight is 280 g/mol. The summed E-state index contributed by atoms with van der Waals surface area (Å²) < 4.78 is 6.26. The minimum atomic E-state index is -0.435. The van der Waals surface area contributed by atoms with E-state index in [-0.39, 0.29) is 18.7 Å². The number of hydrogen-bond donors (Lipinski definition) is 0. The Morgan fingerprint density at radius 2 is 2.11 bits per heavy atom. The summed E-state index contributed by atoms with van der Waals surface area (Å²) in [5.41, 5.74) is 1.27. The first-order chi connectivity index (χ1) is 9.02. The number of rotatable bonds is 3. The molecule has 0 atom stereocenters. The second-order valence-electron chi connectivity index (χ2n) is 4.22. The minimum absolute atomic E-state index is 0.107. The molecule has 0 aliphatic heterocycles. The number of pyridine rings is 1. The first-order valence-corrected chi connectivity index (χ1v) is 6.36. The third-order valence-corrected chi connectivity index (χ3v) is 3.11. The molecule has 0 saturated carbocycles. The maximum absolute atomic E-state index is 12.0. The van der Waals surface area contributed by atoms with Gasteiger partial charge in [0.15, 0.2) is 0 Å². The van der Waals surface area contributed by atoms with E-state index in [9.17, 15) is 9.59 Å². The van der Waals surface area contributed by atoms with E-state index in [1.807, 2.05) is 13.0 Å². The van der Waals surface area contributed by atoms with Crippen LogP contribution in [0.4, 0.5) is 0 Å². The molecule has 1 aromatic heterocycles. The molecule has 0 bridgehead atoms. The topological polar surface area (TPSA) is 48.3 Å². The van der Waals surface area contributed by atoms with Crippen LogP contribution in [-0.4, -0.2) is 17.1 Å². The summed E-state index contributed by atoms with van der Waals surface area (Å²) in [5, 5.41) is 1.42. The number of ether oxygens (including phenoxy) is 1. The molecule has 4 nitrogen and oxygen atoms in total. The predicted octanol–water partition coefficient (Wildman–Crippen LogP) is 2.53. The number of hydrogen-bond acceptors (Lipinski definition) is 3. The second kappa shape index (κ2) is 5.45.